The van der Waals surface area contributed by atoms with Crippen molar-refractivity contribution < 1.29 is 14.6 Å². The van der Waals surface area contributed by atoms with E-state index < -0.39 is 0 Å². The van der Waals surface area contributed by atoms with Gasteiger partial charge in [-0.05, 0) is 30.5 Å². The van der Waals surface area contributed by atoms with Gasteiger partial charge in [-0.15, -0.1) is 0 Å². The molecule has 0 radical (unpaired) electrons. The normalized spacial score (nSPS) is 14.6. The van der Waals surface area contributed by atoms with E-state index in [1.54, 1.807) is 10.6 Å². The number of fused-ring (bicyclic) bond motifs is 1. The van der Waals surface area contributed by atoms with E-state index in [1.165, 1.54) is 0 Å². The van der Waals surface area contributed by atoms with Crippen LogP contribution in [-0.2, 0) is 4.74 Å². The van der Waals surface area contributed by atoms with Crippen LogP contribution in [0.25, 0.3) is 16.9 Å². The summed E-state index contributed by atoms with van der Waals surface area (Å²) in [5.41, 5.74) is 3.02. The molecule has 1 aliphatic heterocycles. The lowest BCUT2D eigenvalue weighted by atomic mass is 10.0. The van der Waals surface area contributed by atoms with Crippen molar-refractivity contribution in [1.29, 1.82) is 0 Å². The van der Waals surface area contributed by atoms with Crippen molar-refractivity contribution in [1.82, 2.24) is 24.7 Å². The molecule has 0 unspecified atom stereocenters. The zero-order valence-electron chi connectivity index (χ0n) is 21.7. The average Bonchev–Trinajstić information content (AvgIpc) is 3.34. The predicted molar refractivity (Wildman–Crippen MR) is 147 cm³/mol. The first-order valence-corrected chi connectivity index (χ1v) is 12.9. The molecule has 38 heavy (non-hydrogen) atoms. The van der Waals surface area contributed by atoms with E-state index in [9.17, 15) is 9.90 Å². The number of nitrogens with zero attached hydrogens (tertiary/aromatic N) is 5. The smallest absolute Gasteiger partial charge is 0.270 e. The molecular weight excluding hydrogens is 482 g/mol. The second-order valence-electron chi connectivity index (χ2n) is 9.74. The number of anilines is 3. The summed E-state index contributed by atoms with van der Waals surface area (Å²) in [5, 5.41) is 16.2. The van der Waals surface area contributed by atoms with Gasteiger partial charge in [0.15, 0.2) is 5.65 Å². The molecule has 10 nitrogen and oxygen atoms in total. The monoisotopic (exact) mass is 515 g/mol. The zero-order chi connectivity index (χ0) is 26.5. The molecule has 0 bridgehead atoms. The summed E-state index contributed by atoms with van der Waals surface area (Å²) < 4.78 is 7.23. The first-order chi connectivity index (χ1) is 18.5. The first-order valence-electron chi connectivity index (χ1n) is 12.9. The summed E-state index contributed by atoms with van der Waals surface area (Å²) in [6, 6.07) is 14.9. The molecule has 3 aromatic heterocycles. The number of benzene rings is 1. The Morgan fingerprint density at radius 1 is 1.08 bits per heavy atom. The Labute approximate surface area is 221 Å². The van der Waals surface area contributed by atoms with Gasteiger partial charge in [-0.2, -0.15) is 4.98 Å². The van der Waals surface area contributed by atoms with Crippen LogP contribution in [0, 0.1) is 5.92 Å². The van der Waals surface area contributed by atoms with Gasteiger partial charge in [-0.1, -0.05) is 44.2 Å². The Morgan fingerprint density at radius 2 is 1.87 bits per heavy atom. The van der Waals surface area contributed by atoms with Crippen molar-refractivity contribution >= 4 is 29.0 Å². The van der Waals surface area contributed by atoms with Gasteiger partial charge in [0, 0.05) is 31.0 Å². The number of aromatic nitrogens is 4. The van der Waals surface area contributed by atoms with Crippen LogP contribution < -0.4 is 15.5 Å². The van der Waals surface area contributed by atoms with Gasteiger partial charge >= 0.3 is 0 Å². The van der Waals surface area contributed by atoms with E-state index in [0.717, 1.165) is 24.5 Å². The summed E-state index contributed by atoms with van der Waals surface area (Å²) in [7, 11) is 0. The molecule has 1 fully saturated rings. The molecule has 198 valence electrons. The van der Waals surface area contributed by atoms with Crippen molar-refractivity contribution in [2.75, 3.05) is 43.1 Å². The molecule has 0 aliphatic carbocycles. The summed E-state index contributed by atoms with van der Waals surface area (Å²) in [5.74, 6) is 1.30. The van der Waals surface area contributed by atoms with Gasteiger partial charge in [0.2, 0.25) is 5.95 Å². The van der Waals surface area contributed by atoms with Gasteiger partial charge in [-0.25, -0.2) is 9.97 Å². The van der Waals surface area contributed by atoms with E-state index >= 15 is 0 Å². The third-order valence-corrected chi connectivity index (χ3v) is 6.45. The molecule has 1 aliphatic rings. The number of carbonyl (C=O) groups excluding carboxylic acids is 1. The molecule has 1 atom stereocenters. The van der Waals surface area contributed by atoms with E-state index in [-0.39, 0.29) is 18.6 Å². The minimum Gasteiger partial charge on any atom is -0.394 e. The number of pyridine rings is 1. The molecule has 4 heterocycles. The highest BCUT2D eigenvalue weighted by Gasteiger charge is 2.24. The summed E-state index contributed by atoms with van der Waals surface area (Å²) in [6.45, 7) is 6.88. The summed E-state index contributed by atoms with van der Waals surface area (Å²) >= 11 is 0. The number of morpholine rings is 1. The number of carbonyl (C=O) groups is 1. The highest BCUT2D eigenvalue weighted by molar-refractivity contribution is 6.00. The van der Waals surface area contributed by atoms with Crippen LogP contribution in [0.3, 0.4) is 0 Å². The number of nitrogens with one attached hydrogen (secondary N) is 2. The van der Waals surface area contributed by atoms with Crippen LogP contribution in [0.15, 0.2) is 60.9 Å². The minimum atomic E-state index is -0.352. The Hall–Kier alpha value is -4.02. The molecule has 1 saturated heterocycles. The molecule has 10 heteroatoms. The maximum Gasteiger partial charge on any atom is 0.270 e. The lowest BCUT2D eigenvalue weighted by Crippen LogP contribution is -2.39. The number of hydrogen-bond acceptors (Lipinski definition) is 8. The van der Waals surface area contributed by atoms with Crippen molar-refractivity contribution in [2.45, 2.75) is 26.3 Å². The minimum absolute atomic E-state index is 0.134. The molecule has 1 aromatic carbocycles. The second kappa shape index (κ2) is 11.6. The number of aliphatic hydroxyl groups is 1. The lowest BCUT2D eigenvalue weighted by molar-refractivity contribution is 0.0903. The first kappa shape index (κ1) is 25.6. The van der Waals surface area contributed by atoms with Gasteiger partial charge in [0.1, 0.15) is 17.2 Å². The van der Waals surface area contributed by atoms with Gasteiger partial charge in [0.25, 0.3) is 5.91 Å². The molecule has 0 spiro atoms. The lowest BCUT2D eigenvalue weighted by Gasteiger charge is -2.27. The average molecular weight is 516 g/mol. The van der Waals surface area contributed by atoms with Crippen molar-refractivity contribution in [3.05, 3.63) is 66.6 Å². The van der Waals surface area contributed by atoms with E-state index in [1.807, 2.05) is 54.7 Å². The van der Waals surface area contributed by atoms with Crippen LogP contribution in [0.1, 0.15) is 30.8 Å². The topological polar surface area (TPSA) is 117 Å². The van der Waals surface area contributed by atoms with Crippen LogP contribution in [0.4, 0.5) is 17.5 Å². The van der Waals surface area contributed by atoms with Crippen LogP contribution in [0.5, 0.6) is 0 Å². The number of rotatable bonds is 9. The second-order valence-corrected chi connectivity index (χ2v) is 9.74. The third kappa shape index (κ3) is 5.61. The summed E-state index contributed by atoms with van der Waals surface area (Å²) in [4.78, 5) is 29.8. The fraction of sp³-hybridized carbons (Fsp3) is 0.357. The quantitative estimate of drug-likeness (QED) is 0.310. The van der Waals surface area contributed by atoms with Crippen LogP contribution in [-0.4, -0.2) is 69.3 Å². The third-order valence-electron chi connectivity index (χ3n) is 6.45. The molecular formula is C28H33N7O3. The van der Waals surface area contributed by atoms with Crippen LogP contribution >= 0.6 is 0 Å². The van der Waals surface area contributed by atoms with Crippen molar-refractivity contribution in [3.8, 4) is 11.3 Å². The van der Waals surface area contributed by atoms with Crippen LogP contribution in [0.2, 0.25) is 0 Å². The fourth-order valence-corrected chi connectivity index (χ4v) is 4.68. The Kier molecular flexibility index (Phi) is 7.81. The Balaban J connectivity index is 1.52. The Morgan fingerprint density at radius 3 is 2.61 bits per heavy atom. The van der Waals surface area contributed by atoms with Crippen molar-refractivity contribution in [3.63, 3.8) is 0 Å². The predicted octanol–water partition coefficient (Wildman–Crippen LogP) is 3.51. The highest BCUT2D eigenvalue weighted by Crippen LogP contribution is 2.29. The number of hydrogen-bond donors (Lipinski definition) is 3. The van der Waals surface area contributed by atoms with Crippen molar-refractivity contribution in [2.24, 2.45) is 5.92 Å². The maximum atomic E-state index is 13.6. The maximum absolute atomic E-state index is 13.6. The molecule has 1 amide bonds. The zero-order valence-corrected chi connectivity index (χ0v) is 21.7. The van der Waals surface area contributed by atoms with Gasteiger partial charge in [-0.3, -0.25) is 9.20 Å². The van der Waals surface area contributed by atoms with Gasteiger partial charge in [0.05, 0.1) is 31.5 Å². The van der Waals surface area contributed by atoms with Gasteiger partial charge < -0.3 is 25.4 Å². The van der Waals surface area contributed by atoms with E-state index in [2.05, 4.69) is 34.4 Å². The summed E-state index contributed by atoms with van der Waals surface area (Å²) in [6.07, 6.45) is 4.21. The number of amides is 1. The standard InChI is InChI=1S/C28H33N7O3/c1-19(2)17-21(18-36)30-27(37)25-24(20-7-4-3-5-8-20)33-26-22(9-6-12-35(25)26)31-28-29-11-10-23(32-28)34-13-15-38-16-14-34/h3-12,19,21,36H,13-18H2,1-2H3,(H,30,37)(H,29,31,32)/t21-/m0/s1. The fourth-order valence-electron chi connectivity index (χ4n) is 4.68. The number of aliphatic hydroxyl groups excluding tert-OH is 1. The molecule has 0 saturated carbocycles. The molecule has 4 aromatic rings. The number of imidazole rings is 1. The highest BCUT2D eigenvalue weighted by atomic mass is 16.5. The SMILES string of the molecule is CC(C)C[C@@H](CO)NC(=O)c1c(-c2ccccc2)nc2c(Nc3nccc(N4CCOCC4)n3)cccn12. The Bertz CT molecular complexity index is 1380. The molecule has 3 N–H and O–H groups in total. The largest absolute Gasteiger partial charge is 0.394 e. The number of ether oxygens (including phenoxy) is 1. The van der Waals surface area contributed by atoms with E-state index in [0.29, 0.717) is 54.2 Å². The van der Waals surface area contributed by atoms with E-state index in [4.69, 9.17) is 14.7 Å². The molecule has 5 rings (SSSR count).